The predicted molar refractivity (Wildman–Crippen MR) is 38.2 cm³/mol. The van der Waals surface area contributed by atoms with Crippen LogP contribution in [0, 0.1) is 11.8 Å². The molecule has 0 aromatic rings. The summed E-state index contributed by atoms with van der Waals surface area (Å²) < 4.78 is 7.81. The first kappa shape index (κ1) is 5.72. The minimum absolute atomic E-state index is 0.344. The third-order valence-corrected chi connectivity index (χ3v) is 2.03. The lowest BCUT2D eigenvalue weighted by molar-refractivity contribution is -0.0713. The Morgan fingerprint density at radius 3 is 2.22 bits per heavy atom. The van der Waals surface area contributed by atoms with Crippen molar-refractivity contribution in [3.63, 3.8) is 0 Å². The molecular formula is C8H16O. The highest BCUT2D eigenvalue weighted by molar-refractivity contribution is 4.91. The second-order valence-electron chi connectivity index (χ2n) is 3.66. The minimum atomic E-state index is -0.550. The van der Waals surface area contributed by atoms with Crippen molar-refractivity contribution in [1.29, 1.82) is 0 Å². The lowest BCUT2D eigenvalue weighted by atomic mass is 9.67. The molecule has 0 heterocycles. The molecular weight excluding hydrogens is 112 g/mol. The van der Waals surface area contributed by atoms with E-state index < -0.39 is 5.60 Å². The molecule has 0 aliphatic heterocycles. The molecule has 0 amide bonds. The van der Waals surface area contributed by atoms with Crippen LogP contribution >= 0.6 is 0 Å². The average molecular weight is 129 g/mol. The largest absolute Gasteiger partial charge is 0.390 e. The number of aliphatic hydroxyl groups is 1. The summed E-state index contributed by atoms with van der Waals surface area (Å²) in [6, 6.07) is 0. The quantitative estimate of drug-likeness (QED) is 0.572. The van der Waals surface area contributed by atoms with Gasteiger partial charge in [0.2, 0.25) is 0 Å². The van der Waals surface area contributed by atoms with Crippen molar-refractivity contribution >= 4 is 0 Å². The van der Waals surface area contributed by atoms with E-state index in [4.69, 9.17) is 1.37 Å². The Morgan fingerprint density at radius 2 is 2.11 bits per heavy atom. The molecule has 0 aromatic heterocycles. The monoisotopic (exact) mass is 129 g/mol. The van der Waals surface area contributed by atoms with Crippen LogP contribution in [0.25, 0.3) is 0 Å². The van der Waals surface area contributed by atoms with E-state index in [9.17, 15) is 5.11 Å². The molecule has 0 radical (unpaired) electrons. The minimum Gasteiger partial charge on any atom is -0.390 e. The average Bonchev–Trinajstić information content (AvgIpc) is 1.59. The second kappa shape index (κ2) is 1.98. The first-order valence-corrected chi connectivity index (χ1v) is 3.58. The summed E-state index contributed by atoms with van der Waals surface area (Å²) in [5.74, 6) is 0.0245. The molecule has 1 N–H and O–H groups in total. The smallest absolute Gasteiger partial charge is 0.0625 e. The van der Waals surface area contributed by atoms with Crippen LogP contribution in [0.15, 0.2) is 0 Å². The van der Waals surface area contributed by atoms with Crippen LogP contribution in [0.2, 0.25) is 0 Å². The molecule has 1 rings (SSSR count). The molecule has 0 saturated heterocycles. The van der Waals surface area contributed by atoms with E-state index in [-0.39, 0.29) is 5.89 Å². The van der Waals surface area contributed by atoms with Crippen LogP contribution in [0.4, 0.5) is 0 Å². The maximum Gasteiger partial charge on any atom is 0.0625 e. The topological polar surface area (TPSA) is 20.2 Å². The van der Waals surface area contributed by atoms with Crippen LogP contribution < -0.4 is 0 Å². The van der Waals surface area contributed by atoms with Gasteiger partial charge >= 0.3 is 0 Å². The fourth-order valence-electron chi connectivity index (χ4n) is 1.33. The zero-order valence-electron chi connectivity index (χ0n) is 7.44. The van der Waals surface area contributed by atoms with Crippen LogP contribution in [0.1, 0.15) is 35.0 Å². The fraction of sp³-hybridized carbons (Fsp3) is 1.00. The SMILES string of the molecule is [2H]C1(C(C)C)CC(C)(O)C1. The Bertz CT molecular complexity index is 132. The molecule has 1 fully saturated rings. The van der Waals surface area contributed by atoms with Gasteiger partial charge in [0.05, 0.1) is 5.60 Å². The van der Waals surface area contributed by atoms with Crippen LogP contribution in [0.5, 0.6) is 0 Å². The Labute approximate surface area is 58.5 Å². The molecule has 0 spiro atoms. The highest BCUT2D eigenvalue weighted by Crippen LogP contribution is 2.41. The maximum atomic E-state index is 9.38. The van der Waals surface area contributed by atoms with Crippen molar-refractivity contribution in [1.82, 2.24) is 0 Å². The Balaban J connectivity index is 2.50. The van der Waals surface area contributed by atoms with Crippen molar-refractivity contribution in [2.75, 3.05) is 0 Å². The number of hydrogen-bond acceptors (Lipinski definition) is 1. The van der Waals surface area contributed by atoms with Crippen molar-refractivity contribution in [3.8, 4) is 0 Å². The van der Waals surface area contributed by atoms with E-state index in [0.29, 0.717) is 18.8 Å². The normalized spacial score (nSPS) is 52.8. The number of rotatable bonds is 1. The van der Waals surface area contributed by atoms with Crippen molar-refractivity contribution in [3.05, 3.63) is 0 Å². The van der Waals surface area contributed by atoms with E-state index in [2.05, 4.69) is 0 Å². The fourth-order valence-corrected chi connectivity index (χ4v) is 1.33. The van der Waals surface area contributed by atoms with Gasteiger partial charge in [-0.05, 0) is 31.6 Å². The van der Waals surface area contributed by atoms with Gasteiger partial charge in [0, 0.05) is 1.37 Å². The molecule has 0 bridgehead atoms. The molecule has 1 saturated carbocycles. The van der Waals surface area contributed by atoms with Crippen LogP contribution in [-0.4, -0.2) is 10.7 Å². The molecule has 0 atom stereocenters. The number of hydrogen-bond donors (Lipinski definition) is 1. The summed E-state index contributed by atoms with van der Waals surface area (Å²) in [6.45, 7) is 5.90. The van der Waals surface area contributed by atoms with Gasteiger partial charge in [0.25, 0.3) is 0 Å². The summed E-state index contributed by atoms with van der Waals surface area (Å²) in [5.41, 5.74) is -0.550. The molecule has 0 aromatic carbocycles. The summed E-state index contributed by atoms with van der Waals surface area (Å²) >= 11 is 0. The van der Waals surface area contributed by atoms with Gasteiger partial charge in [-0.2, -0.15) is 0 Å². The summed E-state index contributed by atoms with van der Waals surface area (Å²) in [7, 11) is 0. The van der Waals surface area contributed by atoms with E-state index in [1.807, 2.05) is 20.8 Å². The standard InChI is InChI=1S/C8H16O/c1-6(2)7-4-8(3,9)5-7/h6-7,9H,4-5H2,1-3H3/i7D. The van der Waals surface area contributed by atoms with Gasteiger partial charge in [0.1, 0.15) is 0 Å². The molecule has 54 valence electrons. The zero-order chi connectivity index (χ0) is 7.99. The lowest BCUT2D eigenvalue weighted by Gasteiger charge is -2.43. The third kappa shape index (κ3) is 1.45. The summed E-state index contributed by atoms with van der Waals surface area (Å²) in [4.78, 5) is 0. The second-order valence-corrected chi connectivity index (χ2v) is 3.66. The molecule has 1 heteroatoms. The lowest BCUT2D eigenvalue weighted by Crippen LogP contribution is -2.42. The van der Waals surface area contributed by atoms with Gasteiger partial charge in [-0.1, -0.05) is 13.8 Å². The first-order valence-electron chi connectivity index (χ1n) is 4.08. The van der Waals surface area contributed by atoms with Crippen molar-refractivity contribution in [2.45, 2.75) is 39.2 Å². The Kier molecular flexibility index (Phi) is 1.26. The van der Waals surface area contributed by atoms with Crippen LogP contribution in [-0.2, 0) is 0 Å². The highest BCUT2D eigenvalue weighted by Gasteiger charge is 2.39. The first-order chi connectivity index (χ1) is 4.36. The Hall–Kier alpha value is -0.0400. The van der Waals surface area contributed by atoms with E-state index in [1.54, 1.807) is 0 Å². The predicted octanol–water partition coefficient (Wildman–Crippen LogP) is 1.80. The molecule has 9 heavy (non-hydrogen) atoms. The molecule has 0 unspecified atom stereocenters. The van der Waals surface area contributed by atoms with Gasteiger partial charge in [-0.25, -0.2) is 0 Å². The highest BCUT2D eigenvalue weighted by atomic mass is 16.3. The zero-order valence-corrected chi connectivity index (χ0v) is 6.44. The van der Waals surface area contributed by atoms with Crippen molar-refractivity contribution in [2.24, 2.45) is 11.8 Å². The maximum absolute atomic E-state index is 9.38. The van der Waals surface area contributed by atoms with E-state index in [0.717, 1.165) is 0 Å². The van der Waals surface area contributed by atoms with Crippen LogP contribution in [0.3, 0.4) is 0 Å². The third-order valence-electron chi connectivity index (χ3n) is 2.03. The van der Waals surface area contributed by atoms with Gasteiger partial charge in [0.15, 0.2) is 0 Å². The molecule has 1 nitrogen and oxygen atoms in total. The summed E-state index contributed by atoms with van der Waals surface area (Å²) in [6.07, 6.45) is 1.27. The van der Waals surface area contributed by atoms with E-state index in [1.165, 1.54) is 0 Å². The summed E-state index contributed by atoms with van der Waals surface area (Å²) in [5, 5.41) is 9.38. The van der Waals surface area contributed by atoms with Gasteiger partial charge < -0.3 is 5.11 Å². The van der Waals surface area contributed by atoms with Crippen molar-refractivity contribution < 1.29 is 6.48 Å². The Morgan fingerprint density at radius 1 is 1.67 bits per heavy atom. The van der Waals surface area contributed by atoms with Gasteiger partial charge in [-0.3, -0.25) is 0 Å². The molecule has 1 aliphatic carbocycles. The molecule has 1 aliphatic rings. The van der Waals surface area contributed by atoms with E-state index >= 15 is 0 Å². The van der Waals surface area contributed by atoms with Gasteiger partial charge in [-0.15, -0.1) is 0 Å².